The van der Waals surface area contributed by atoms with Crippen molar-refractivity contribution in [1.82, 2.24) is 5.32 Å². The number of carboxylic acid groups (broad SMARTS) is 1. The summed E-state index contributed by atoms with van der Waals surface area (Å²) in [6, 6.07) is 15.1. The Morgan fingerprint density at radius 2 is 1.69 bits per heavy atom. The Morgan fingerprint density at radius 1 is 1.04 bits per heavy atom. The SMILES string of the molecule is O=C(N[C@@H](Cc1ccccc1)C(=O)O)c1ccc(OC2CCCC2)cc1. The second-order valence-electron chi connectivity index (χ2n) is 6.60. The predicted octanol–water partition coefficient (Wildman–Crippen LogP) is 3.43. The first-order valence-corrected chi connectivity index (χ1v) is 8.96. The summed E-state index contributed by atoms with van der Waals surface area (Å²) >= 11 is 0. The number of amides is 1. The van der Waals surface area contributed by atoms with Crippen molar-refractivity contribution in [3.63, 3.8) is 0 Å². The van der Waals surface area contributed by atoms with E-state index in [1.807, 2.05) is 30.3 Å². The van der Waals surface area contributed by atoms with Crippen LogP contribution in [0.5, 0.6) is 5.75 Å². The van der Waals surface area contributed by atoms with Crippen LogP contribution in [0.1, 0.15) is 41.6 Å². The zero-order valence-electron chi connectivity index (χ0n) is 14.6. The van der Waals surface area contributed by atoms with Crippen LogP contribution in [0.15, 0.2) is 54.6 Å². The largest absolute Gasteiger partial charge is 0.490 e. The smallest absolute Gasteiger partial charge is 0.326 e. The highest BCUT2D eigenvalue weighted by atomic mass is 16.5. The van der Waals surface area contributed by atoms with Crippen molar-refractivity contribution in [2.45, 2.75) is 44.2 Å². The van der Waals surface area contributed by atoms with E-state index in [-0.39, 0.29) is 12.5 Å². The Bertz CT molecular complexity index is 736. The molecular weight excluding hydrogens is 330 g/mol. The summed E-state index contributed by atoms with van der Waals surface area (Å²) in [5.74, 6) is -0.711. The number of benzene rings is 2. The molecule has 1 aliphatic rings. The molecule has 2 N–H and O–H groups in total. The first-order valence-electron chi connectivity index (χ1n) is 8.96. The highest BCUT2D eigenvalue weighted by Crippen LogP contribution is 2.24. The van der Waals surface area contributed by atoms with Crippen molar-refractivity contribution in [3.8, 4) is 5.75 Å². The number of hydrogen-bond acceptors (Lipinski definition) is 3. The summed E-state index contributed by atoms with van der Waals surface area (Å²) in [6.07, 6.45) is 5.04. The Kier molecular flexibility index (Phi) is 5.89. The number of carbonyl (C=O) groups is 2. The quantitative estimate of drug-likeness (QED) is 0.800. The lowest BCUT2D eigenvalue weighted by Crippen LogP contribution is -2.42. The third-order valence-corrected chi connectivity index (χ3v) is 4.61. The fourth-order valence-corrected chi connectivity index (χ4v) is 3.17. The van der Waals surface area contributed by atoms with Gasteiger partial charge in [-0.3, -0.25) is 4.79 Å². The summed E-state index contributed by atoms with van der Waals surface area (Å²) < 4.78 is 5.88. The van der Waals surface area contributed by atoms with E-state index in [0.29, 0.717) is 5.56 Å². The normalized spacial score (nSPS) is 15.4. The lowest BCUT2D eigenvalue weighted by molar-refractivity contribution is -0.139. The minimum absolute atomic E-state index is 0.241. The number of hydrogen-bond donors (Lipinski definition) is 2. The highest BCUT2D eigenvalue weighted by Gasteiger charge is 2.21. The fourth-order valence-electron chi connectivity index (χ4n) is 3.17. The van der Waals surface area contributed by atoms with E-state index in [9.17, 15) is 14.7 Å². The van der Waals surface area contributed by atoms with Crippen molar-refractivity contribution in [2.75, 3.05) is 0 Å². The molecule has 3 rings (SSSR count). The Labute approximate surface area is 153 Å². The van der Waals surface area contributed by atoms with Crippen molar-refractivity contribution < 1.29 is 19.4 Å². The van der Waals surface area contributed by atoms with Crippen LogP contribution < -0.4 is 10.1 Å². The number of carboxylic acids is 1. The van der Waals surface area contributed by atoms with Crippen LogP contribution in [0, 0.1) is 0 Å². The van der Waals surface area contributed by atoms with Crippen molar-refractivity contribution >= 4 is 11.9 Å². The Balaban J connectivity index is 1.60. The van der Waals surface area contributed by atoms with Gasteiger partial charge >= 0.3 is 5.97 Å². The van der Waals surface area contributed by atoms with Gasteiger partial charge in [0.15, 0.2) is 0 Å². The molecule has 5 heteroatoms. The molecule has 0 aliphatic heterocycles. The van der Waals surface area contributed by atoms with E-state index < -0.39 is 17.9 Å². The molecule has 1 amide bonds. The van der Waals surface area contributed by atoms with Gasteiger partial charge in [0.2, 0.25) is 0 Å². The van der Waals surface area contributed by atoms with E-state index in [1.54, 1.807) is 24.3 Å². The van der Waals surface area contributed by atoms with Gasteiger partial charge in [-0.1, -0.05) is 30.3 Å². The molecule has 136 valence electrons. The number of nitrogens with one attached hydrogen (secondary N) is 1. The van der Waals surface area contributed by atoms with Crippen molar-refractivity contribution in [3.05, 3.63) is 65.7 Å². The number of aliphatic carboxylic acids is 1. The van der Waals surface area contributed by atoms with Gasteiger partial charge in [0.05, 0.1) is 6.10 Å². The first-order chi connectivity index (χ1) is 12.6. The Morgan fingerprint density at radius 3 is 2.31 bits per heavy atom. The summed E-state index contributed by atoms with van der Waals surface area (Å²) in [5.41, 5.74) is 1.28. The zero-order chi connectivity index (χ0) is 18.4. The highest BCUT2D eigenvalue weighted by molar-refractivity contribution is 5.96. The molecule has 0 saturated heterocycles. The second kappa shape index (κ2) is 8.52. The average molecular weight is 353 g/mol. The van der Waals surface area contributed by atoms with Crippen LogP contribution in [-0.2, 0) is 11.2 Å². The molecule has 0 unspecified atom stereocenters. The Hall–Kier alpha value is -2.82. The minimum Gasteiger partial charge on any atom is -0.490 e. The molecule has 1 fully saturated rings. The molecule has 0 bridgehead atoms. The molecule has 1 aliphatic carbocycles. The van der Waals surface area contributed by atoms with Gasteiger partial charge in [-0.05, 0) is 55.5 Å². The third-order valence-electron chi connectivity index (χ3n) is 4.61. The van der Waals surface area contributed by atoms with Gasteiger partial charge in [-0.2, -0.15) is 0 Å². The van der Waals surface area contributed by atoms with Crippen LogP contribution in [0.3, 0.4) is 0 Å². The van der Waals surface area contributed by atoms with Gasteiger partial charge in [0.1, 0.15) is 11.8 Å². The van der Waals surface area contributed by atoms with Crippen LogP contribution in [0.4, 0.5) is 0 Å². The van der Waals surface area contributed by atoms with E-state index in [4.69, 9.17) is 4.74 Å². The monoisotopic (exact) mass is 353 g/mol. The summed E-state index contributed by atoms with van der Waals surface area (Å²) in [6.45, 7) is 0. The molecule has 0 radical (unpaired) electrons. The molecule has 2 aromatic carbocycles. The third kappa shape index (κ3) is 4.85. The summed E-state index contributed by atoms with van der Waals surface area (Å²) in [4.78, 5) is 23.9. The topological polar surface area (TPSA) is 75.6 Å². The van der Waals surface area contributed by atoms with Crippen LogP contribution in [-0.4, -0.2) is 29.1 Å². The van der Waals surface area contributed by atoms with Gasteiger partial charge in [0, 0.05) is 12.0 Å². The van der Waals surface area contributed by atoms with Crippen molar-refractivity contribution in [1.29, 1.82) is 0 Å². The van der Waals surface area contributed by atoms with E-state index in [1.165, 1.54) is 12.8 Å². The van der Waals surface area contributed by atoms with E-state index >= 15 is 0 Å². The van der Waals surface area contributed by atoms with Crippen molar-refractivity contribution in [2.24, 2.45) is 0 Å². The number of carbonyl (C=O) groups excluding carboxylic acids is 1. The second-order valence-corrected chi connectivity index (χ2v) is 6.60. The maximum absolute atomic E-state index is 12.4. The predicted molar refractivity (Wildman–Crippen MR) is 98.4 cm³/mol. The fraction of sp³-hybridized carbons (Fsp3) is 0.333. The molecule has 1 atom stereocenters. The van der Waals surface area contributed by atoms with Crippen LogP contribution in [0.2, 0.25) is 0 Å². The lowest BCUT2D eigenvalue weighted by atomic mass is 10.1. The number of ether oxygens (including phenoxy) is 1. The first kappa shape index (κ1) is 18.0. The lowest BCUT2D eigenvalue weighted by Gasteiger charge is -2.16. The van der Waals surface area contributed by atoms with Gasteiger partial charge in [-0.25, -0.2) is 4.79 Å². The molecule has 26 heavy (non-hydrogen) atoms. The van der Waals surface area contributed by atoms with Gasteiger partial charge < -0.3 is 15.2 Å². The maximum atomic E-state index is 12.4. The summed E-state index contributed by atoms with van der Waals surface area (Å²) in [5, 5.41) is 12.0. The van der Waals surface area contributed by atoms with Crippen LogP contribution in [0.25, 0.3) is 0 Å². The van der Waals surface area contributed by atoms with Gasteiger partial charge in [0.25, 0.3) is 5.91 Å². The molecule has 0 aromatic heterocycles. The standard InChI is InChI=1S/C21H23NO4/c23-20(22-19(21(24)25)14-15-6-2-1-3-7-15)16-10-12-18(13-11-16)26-17-8-4-5-9-17/h1-3,6-7,10-13,17,19H,4-5,8-9,14H2,(H,22,23)(H,24,25)/t19-/m0/s1. The molecule has 2 aromatic rings. The maximum Gasteiger partial charge on any atom is 0.326 e. The molecular formula is C21H23NO4. The zero-order valence-corrected chi connectivity index (χ0v) is 14.6. The minimum atomic E-state index is -1.05. The molecule has 0 heterocycles. The number of rotatable bonds is 7. The average Bonchev–Trinajstić information content (AvgIpc) is 3.15. The van der Waals surface area contributed by atoms with E-state index in [2.05, 4.69) is 5.32 Å². The molecule has 5 nitrogen and oxygen atoms in total. The molecule has 1 saturated carbocycles. The summed E-state index contributed by atoms with van der Waals surface area (Å²) in [7, 11) is 0. The van der Waals surface area contributed by atoms with Gasteiger partial charge in [-0.15, -0.1) is 0 Å². The van der Waals surface area contributed by atoms with Crippen LogP contribution >= 0.6 is 0 Å². The van der Waals surface area contributed by atoms with E-state index in [0.717, 1.165) is 24.2 Å². The molecule has 0 spiro atoms.